The number of aromatic nitrogens is 1. The van der Waals surface area contributed by atoms with E-state index in [2.05, 4.69) is 41.8 Å². The summed E-state index contributed by atoms with van der Waals surface area (Å²) >= 11 is 3.58. The van der Waals surface area contributed by atoms with Gasteiger partial charge in [0.25, 0.3) is 0 Å². The van der Waals surface area contributed by atoms with E-state index in [9.17, 15) is 4.79 Å². The van der Waals surface area contributed by atoms with E-state index in [1.807, 2.05) is 26.1 Å². The molecule has 0 atom stereocenters. The summed E-state index contributed by atoms with van der Waals surface area (Å²) in [5, 5.41) is 0. The summed E-state index contributed by atoms with van der Waals surface area (Å²) in [4.78, 5) is 23.3. The van der Waals surface area contributed by atoms with Gasteiger partial charge in [-0.2, -0.15) is 0 Å². The van der Waals surface area contributed by atoms with Crippen molar-refractivity contribution in [2.45, 2.75) is 20.3 Å². The van der Waals surface area contributed by atoms with Gasteiger partial charge < -0.3 is 45.3 Å². The van der Waals surface area contributed by atoms with Crippen LogP contribution in [0, 0.1) is 19.9 Å². The first-order valence-electron chi connectivity index (χ1n) is 5.27. The quantitative estimate of drug-likeness (QED) is 0.257. The van der Waals surface area contributed by atoms with Crippen LogP contribution >= 0.6 is 12.2 Å². The molecule has 0 aliphatic rings. The number of allylic oxidation sites excluding steroid dienone is 1. The third-order valence-electron chi connectivity index (χ3n) is 1.73. The van der Waals surface area contributed by atoms with Gasteiger partial charge in [0.2, 0.25) is 0 Å². The van der Waals surface area contributed by atoms with Gasteiger partial charge in [0, 0.05) is 0 Å². The number of hydrogen-bond acceptors (Lipinski definition) is 4. The fourth-order valence-corrected chi connectivity index (χ4v) is 1.11. The molecule has 1 aromatic heterocycles. The molecule has 0 radical (unpaired) electrons. The molecule has 4 nitrogen and oxygen atoms in total. The minimum atomic E-state index is -0.583. The minimum absolute atomic E-state index is 0. The third-order valence-corrected chi connectivity index (χ3v) is 1.73. The van der Waals surface area contributed by atoms with Gasteiger partial charge in [-0.15, -0.1) is 11.3 Å². The summed E-state index contributed by atoms with van der Waals surface area (Å²) in [6.45, 7) is 6.76. The second kappa shape index (κ2) is 21.3. The Balaban J connectivity index is -0.000000158. The first kappa shape index (κ1) is 30.2. The van der Waals surface area contributed by atoms with E-state index in [1.165, 1.54) is 6.08 Å². The van der Waals surface area contributed by atoms with Crippen LogP contribution in [0.15, 0.2) is 18.3 Å². The molecular weight excluding hydrogens is 338 g/mol. The average molecular weight is 355 g/mol. The SMILES string of the molecule is CCc1ncc(C)cc1[C-]=C[C-]=O.[CH-]=S.[CH2-]C(N)=O.[K+].[K+]. The standard InChI is InChI=1S/C11H11NO.C2H4NO.CHS.2K/c1-3-11-10(5-4-6-13)7-9(2)8-12-11;1-2(3)4;1-2;;/h4,7-8H,3H2,1-2H3;1H2,(H2,3,4);1H;;/q-2;2*-1;2*+1. The minimum Gasteiger partial charge on any atom is -0.442 e. The molecule has 1 amide bonds. The van der Waals surface area contributed by atoms with Crippen molar-refractivity contribution in [2.75, 3.05) is 0 Å². The van der Waals surface area contributed by atoms with E-state index in [-0.39, 0.29) is 103 Å². The number of nitrogens with two attached hydrogens (primary N) is 1. The van der Waals surface area contributed by atoms with Gasteiger partial charge in [0.1, 0.15) is 0 Å². The van der Waals surface area contributed by atoms with Crippen molar-refractivity contribution in [1.29, 1.82) is 0 Å². The van der Waals surface area contributed by atoms with Crippen LogP contribution < -0.4 is 109 Å². The summed E-state index contributed by atoms with van der Waals surface area (Å²) in [6, 6.07) is 1.96. The van der Waals surface area contributed by atoms with E-state index >= 15 is 0 Å². The normalized spacial score (nSPS) is 7.90. The molecule has 0 saturated carbocycles. The van der Waals surface area contributed by atoms with Crippen LogP contribution in [-0.4, -0.2) is 23.0 Å². The fourth-order valence-electron chi connectivity index (χ4n) is 1.11. The molecule has 1 heterocycles. The largest absolute Gasteiger partial charge is 1.00 e. The monoisotopic (exact) mass is 354 g/mol. The zero-order chi connectivity index (χ0) is 15.3. The Kier molecular flexibility index (Phi) is 30.6. The molecule has 104 valence electrons. The number of rotatable bonds is 3. The van der Waals surface area contributed by atoms with Crippen molar-refractivity contribution in [3.63, 3.8) is 0 Å². The van der Waals surface area contributed by atoms with Gasteiger partial charge in [-0.3, -0.25) is 11.6 Å². The number of carbonyl (C=O) groups excluding carboxylic acids is 2. The van der Waals surface area contributed by atoms with Crippen LogP contribution in [0.25, 0.3) is 0 Å². The first-order chi connectivity index (χ1) is 9.01. The Hall–Kier alpha value is 1.26. The molecule has 0 fully saturated rings. The number of thiocarbonyl (C=S) groups is 1. The second-order valence-corrected chi connectivity index (χ2v) is 3.23. The van der Waals surface area contributed by atoms with Crippen molar-refractivity contribution in [3.8, 4) is 0 Å². The summed E-state index contributed by atoms with van der Waals surface area (Å²) in [5.41, 5.74) is 7.27. The van der Waals surface area contributed by atoms with Gasteiger partial charge in [-0.25, -0.2) is 12.1 Å². The van der Waals surface area contributed by atoms with Crippen LogP contribution in [0.5, 0.6) is 0 Å². The van der Waals surface area contributed by atoms with Crippen LogP contribution in [0.4, 0.5) is 0 Å². The zero-order valence-electron chi connectivity index (χ0n) is 13.0. The molecule has 2 N–H and O–H groups in total. The molecule has 0 spiro atoms. The molecular formula is C14H16K2N2O2S-2. The number of pyridine rings is 1. The summed E-state index contributed by atoms with van der Waals surface area (Å²) < 4.78 is 0. The van der Waals surface area contributed by atoms with Gasteiger partial charge in [-0.1, -0.05) is 20.3 Å². The number of amides is 1. The van der Waals surface area contributed by atoms with Crippen molar-refractivity contribution in [2.24, 2.45) is 5.73 Å². The Morgan fingerprint density at radius 3 is 2.38 bits per heavy atom. The summed E-state index contributed by atoms with van der Waals surface area (Å²) in [6.07, 6.45) is 8.42. The van der Waals surface area contributed by atoms with Gasteiger partial charge in [0.05, 0.1) is 5.91 Å². The van der Waals surface area contributed by atoms with Crippen molar-refractivity contribution in [1.82, 2.24) is 4.98 Å². The van der Waals surface area contributed by atoms with Crippen LogP contribution in [0.2, 0.25) is 0 Å². The first-order valence-corrected chi connectivity index (χ1v) is 5.74. The van der Waals surface area contributed by atoms with E-state index in [0.29, 0.717) is 0 Å². The number of aryl methyl sites for hydroxylation is 2. The number of primary amides is 1. The Labute approximate surface area is 217 Å². The number of nitrogens with zero attached hydrogens (tertiary/aromatic N) is 1. The van der Waals surface area contributed by atoms with Gasteiger partial charge >= 0.3 is 103 Å². The van der Waals surface area contributed by atoms with Crippen LogP contribution in [0.1, 0.15) is 23.7 Å². The molecule has 0 aliphatic carbocycles. The number of carbonyl (C=O) groups is 1. The van der Waals surface area contributed by atoms with Crippen molar-refractivity contribution < 1.29 is 112 Å². The number of hydrogen-bond donors (Lipinski definition) is 1. The zero-order valence-corrected chi connectivity index (χ0v) is 20.0. The van der Waals surface area contributed by atoms with Gasteiger partial charge in [-0.05, 0) is 12.5 Å². The van der Waals surface area contributed by atoms with Gasteiger partial charge in [0.15, 0.2) is 0 Å². The molecule has 0 aromatic carbocycles. The molecule has 1 rings (SSSR count). The smallest absolute Gasteiger partial charge is 0.442 e. The Morgan fingerprint density at radius 1 is 1.52 bits per heavy atom. The van der Waals surface area contributed by atoms with Crippen molar-refractivity contribution >= 4 is 30.3 Å². The van der Waals surface area contributed by atoms with E-state index < -0.39 is 5.91 Å². The molecule has 1 aromatic rings. The molecule has 0 unspecified atom stereocenters. The second-order valence-electron chi connectivity index (χ2n) is 3.23. The molecule has 0 saturated heterocycles. The van der Waals surface area contributed by atoms with E-state index in [4.69, 9.17) is 4.79 Å². The van der Waals surface area contributed by atoms with E-state index in [0.717, 1.165) is 23.2 Å². The Bertz CT molecular complexity index is 437. The van der Waals surface area contributed by atoms with E-state index in [1.54, 1.807) is 6.29 Å². The summed E-state index contributed by atoms with van der Waals surface area (Å²) in [5.74, 6) is 3.50. The van der Waals surface area contributed by atoms with Crippen LogP contribution in [-0.2, 0) is 16.0 Å². The fraction of sp³-hybridized carbons (Fsp3) is 0.214. The predicted octanol–water partition coefficient (Wildman–Crippen LogP) is -4.42. The molecule has 7 heteroatoms. The third kappa shape index (κ3) is 19.2. The predicted molar refractivity (Wildman–Crippen MR) is 79.2 cm³/mol. The summed E-state index contributed by atoms with van der Waals surface area (Å²) in [7, 11) is 0. The molecule has 0 aliphatic heterocycles. The average Bonchev–Trinajstić information content (AvgIpc) is 2.38. The maximum atomic E-state index is 10.00. The molecule has 0 bridgehead atoms. The molecule has 21 heavy (non-hydrogen) atoms. The maximum Gasteiger partial charge on any atom is 1.00 e. The van der Waals surface area contributed by atoms with Crippen molar-refractivity contribution in [3.05, 3.63) is 48.2 Å². The van der Waals surface area contributed by atoms with Crippen LogP contribution in [0.3, 0.4) is 0 Å². The maximum absolute atomic E-state index is 10.00. The Morgan fingerprint density at radius 2 is 2.00 bits per heavy atom. The topological polar surface area (TPSA) is 73.1 Å².